The van der Waals surface area contributed by atoms with Crippen molar-refractivity contribution in [2.24, 2.45) is 11.8 Å². The highest BCUT2D eigenvalue weighted by molar-refractivity contribution is 5.92. The van der Waals surface area contributed by atoms with Gasteiger partial charge in [-0.25, -0.2) is 9.59 Å². The van der Waals surface area contributed by atoms with Crippen LogP contribution in [0, 0.1) is 23.2 Å². The molecule has 222 valence electrons. The van der Waals surface area contributed by atoms with Gasteiger partial charge < -0.3 is 20.1 Å². The molecule has 3 amide bonds. The normalized spacial score (nSPS) is 19.9. The summed E-state index contributed by atoms with van der Waals surface area (Å²) in [6.45, 7) is 19.0. The number of nitrogens with zero attached hydrogens (tertiary/aromatic N) is 2. The van der Waals surface area contributed by atoms with Crippen molar-refractivity contribution in [1.29, 1.82) is 5.26 Å². The highest BCUT2D eigenvalue weighted by atomic mass is 16.6. The fourth-order valence-corrected chi connectivity index (χ4v) is 4.75. The molecular weight excluding hydrogens is 508 g/mol. The highest BCUT2D eigenvalue weighted by Crippen LogP contribution is 2.27. The van der Waals surface area contributed by atoms with E-state index < -0.39 is 47.7 Å². The first-order valence-corrected chi connectivity index (χ1v) is 14.2. The summed E-state index contributed by atoms with van der Waals surface area (Å²) in [5.74, 6) is -0.388. The van der Waals surface area contributed by atoms with Gasteiger partial charge in [0, 0.05) is 0 Å². The third-order valence-electron chi connectivity index (χ3n) is 6.63. The van der Waals surface area contributed by atoms with Crippen molar-refractivity contribution in [1.82, 2.24) is 15.5 Å². The maximum atomic E-state index is 13.8. The Labute approximate surface area is 240 Å². The van der Waals surface area contributed by atoms with Crippen LogP contribution >= 0.6 is 0 Å². The van der Waals surface area contributed by atoms with Gasteiger partial charge in [0.1, 0.15) is 35.1 Å². The first-order valence-electron chi connectivity index (χ1n) is 14.2. The van der Waals surface area contributed by atoms with Gasteiger partial charge in [-0.15, -0.1) is 0 Å². The molecule has 2 N–H and O–H groups in total. The summed E-state index contributed by atoms with van der Waals surface area (Å²) in [4.78, 5) is 41.3. The Morgan fingerprint density at radius 1 is 1.07 bits per heavy atom. The molecule has 40 heavy (non-hydrogen) atoms. The molecule has 1 aromatic carbocycles. The smallest absolute Gasteiger partial charge is 0.329 e. The maximum absolute atomic E-state index is 13.8. The lowest BCUT2D eigenvalue weighted by atomic mass is 9.93. The molecule has 1 fully saturated rings. The zero-order valence-corrected chi connectivity index (χ0v) is 25.8. The summed E-state index contributed by atoms with van der Waals surface area (Å²) < 4.78 is 11.5. The summed E-state index contributed by atoms with van der Waals surface area (Å²) in [6, 6.07) is 6.19. The molecule has 5 atom stereocenters. The molecule has 9 heteroatoms. The maximum Gasteiger partial charge on any atom is 0.329 e. The summed E-state index contributed by atoms with van der Waals surface area (Å²) in [5, 5.41) is 15.9. The minimum Gasteiger partial charge on any atom is -0.488 e. The van der Waals surface area contributed by atoms with Crippen LogP contribution in [0.15, 0.2) is 24.3 Å². The van der Waals surface area contributed by atoms with Gasteiger partial charge >= 0.3 is 12.0 Å². The van der Waals surface area contributed by atoms with Crippen molar-refractivity contribution in [3.8, 4) is 11.8 Å². The van der Waals surface area contributed by atoms with E-state index in [9.17, 15) is 19.6 Å². The molecular formula is C31H48N4O5. The van der Waals surface area contributed by atoms with E-state index in [4.69, 9.17) is 9.47 Å². The Morgan fingerprint density at radius 2 is 1.68 bits per heavy atom. The number of nitriles is 1. The number of carbonyl (C=O) groups excluding carboxylic acids is 3. The van der Waals surface area contributed by atoms with Crippen LogP contribution in [0.2, 0.25) is 0 Å². The molecule has 2 rings (SSSR count). The molecule has 1 aliphatic heterocycles. The van der Waals surface area contributed by atoms with Gasteiger partial charge in [0.25, 0.3) is 0 Å². The number of urea groups is 1. The third-order valence-corrected chi connectivity index (χ3v) is 6.63. The largest absolute Gasteiger partial charge is 0.488 e. The number of hydrogen-bond donors (Lipinski definition) is 2. The molecule has 0 radical (unpaired) electrons. The summed E-state index contributed by atoms with van der Waals surface area (Å²) in [7, 11) is 0. The Bertz CT molecular complexity index is 1070. The van der Waals surface area contributed by atoms with Gasteiger partial charge in [-0.1, -0.05) is 46.2 Å². The number of rotatable bonds is 11. The molecule has 0 aliphatic carbocycles. The number of carbonyl (C=O) groups is 3. The molecule has 0 unspecified atom stereocenters. The summed E-state index contributed by atoms with van der Waals surface area (Å²) in [5.41, 5.74) is -0.102. The fourth-order valence-electron chi connectivity index (χ4n) is 4.75. The van der Waals surface area contributed by atoms with Crippen molar-refractivity contribution in [2.45, 2.75) is 124 Å². The zero-order valence-electron chi connectivity index (χ0n) is 25.8. The van der Waals surface area contributed by atoms with Crippen LogP contribution < -0.4 is 15.4 Å². The lowest BCUT2D eigenvalue weighted by Crippen LogP contribution is -2.57. The van der Waals surface area contributed by atoms with E-state index in [1.807, 2.05) is 72.7 Å². The van der Waals surface area contributed by atoms with E-state index in [0.717, 1.165) is 11.3 Å². The van der Waals surface area contributed by atoms with Gasteiger partial charge in [-0.2, -0.15) is 5.26 Å². The number of benzene rings is 1. The molecule has 1 aromatic rings. The minimum atomic E-state index is -0.931. The molecule has 0 spiro atoms. The molecule has 1 saturated heterocycles. The average molecular weight is 557 g/mol. The quantitative estimate of drug-likeness (QED) is 0.371. The van der Waals surface area contributed by atoms with Crippen molar-refractivity contribution in [3.63, 3.8) is 0 Å². The van der Waals surface area contributed by atoms with E-state index >= 15 is 0 Å². The Morgan fingerprint density at radius 3 is 2.15 bits per heavy atom. The van der Waals surface area contributed by atoms with Crippen LogP contribution in [-0.4, -0.2) is 58.2 Å². The van der Waals surface area contributed by atoms with Gasteiger partial charge in [-0.05, 0) is 83.9 Å². The topological polar surface area (TPSA) is 121 Å². The van der Waals surface area contributed by atoms with Crippen LogP contribution in [0.5, 0.6) is 5.75 Å². The average Bonchev–Trinajstić information content (AvgIpc) is 3.11. The van der Waals surface area contributed by atoms with Crippen molar-refractivity contribution in [3.05, 3.63) is 29.8 Å². The van der Waals surface area contributed by atoms with Crippen molar-refractivity contribution < 1.29 is 23.9 Å². The van der Waals surface area contributed by atoms with E-state index in [-0.39, 0.29) is 17.4 Å². The SMILES string of the molecule is CC[C@H](C)[C@@H](C(=O)N[C@@H](CC(C)C)C(=O)OC(C)(C)C)N1C(=O)N[C@@H](Cc2ccc(OC(C)(C)C)cc2)[C@H]1C#N. The Hall–Kier alpha value is -3.28. The van der Waals surface area contributed by atoms with E-state index in [1.54, 1.807) is 20.8 Å². The second-order valence-corrected chi connectivity index (χ2v) is 13.2. The minimum absolute atomic E-state index is 0.117. The first-order chi connectivity index (χ1) is 18.5. The molecule has 1 heterocycles. The molecule has 0 saturated carbocycles. The van der Waals surface area contributed by atoms with Crippen molar-refractivity contribution >= 4 is 17.9 Å². The van der Waals surface area contributed by atoms with Gasteiger partial charge in [-0.3, -0.25) is 9.69 Å². The van der Waals surface area contributed by atoms with Crippen LogP contribution in [0.1, 0.15) is 87.6 Å². The Balaban J connectivity index is 2.29. The lowest BCUT2D eigenvalue weighted by Gasteiger charge is -2.34. The van der Waals surface area contributed by atoms with Crippen LogP contribution in [-0.2, 0) is 20.7 Å². The van der Waals surface area contributed by atoms with Crippen molar-refractivity contribution in [2.75, 3.05) is 0 Å². The Kier molecular flexibility index (Phi) is 11.0. The summed E-state index contributed by atoms with van der Waals surface area (Å²) in [6.07, 6.45) is 1.40. The molecule has 1 aliphatic rings. The predicted molar refractivity (Wildman–Crippen MR) is 155 cm³/mol. The molecule has 0 aromatic heterocycles. The molecule has 9 nitrogen and oxygen atoms in total. The predicted octanol–water partition coefficient (Wildman–Crippen LogP) is 4.98. The highest BCUT2D eigenvalue weighted by Gasteiger charge is 2.47. The number of nitrogens with one attached hydrogen (secondary N) is 2. The van der Waals surface area contributed by atoms with E-state index in [1.165, 1.54) is 4.90 Å². The first kappa shape index (κ1) is 32.9. The second kappa shape index (κ2) is 13.4. The monoisotopic (exact) mass is 556 g/mol. The third kappa shape index (κ3) is 9.42. The van der Waals surface area contributed by atoms with Crippen LogP contribution in [0.4, 0.5) is 4.79 Å². The van der Waals surface area contributed by atoms with Gasteiger partial charge in [0.05, 0.1) is 12.1 Å². The second-order valence-electron chi connectivity index (χ2n) is 13.2. The van der Waals surface area contributed by atoms with Crippen LogP contribution in [0.3, 0.4) is 0 Å². The number of esters is 1. The summed E-state index contributed by atoms with van der Waals surface area (Å²) >= 11 is 0. The number of hydrogen-bond acceptors (Lipinski definition) is 6. The number of ether oxygens (including phenoxy) is 2. The molecule has 0 bridgehead atoms. The lowest BCUT2D eigenvalue weighted by molar-refractivity contribution is -0.159. The van der Waals surface area contributed by atoms with Crippen LogP contribution in [0.25, 0.3) is 0 Å². The standard InChI is InChI=1S/C31H48N4O5/c1-11-20(4)26(27(36)33-24(16-19(2)3)28(37)40-31(8,9)10)35-25(18-32)23(34-29(35)38)17-21-12-14-22(15-13-21)39-30(5,6)7/h12-15,19-20,23-26H,11,16-17H2,1-10H3,(H,33,36)(H,34,38)/t20-,23-,24-,25+,26-/m0/s1. The number of amides is 3. The van der Waals surface area contributed by atoms with Gasteiger partial charge in [0.2, 0.25) is 5.91 Å². The fraction of sp³-hybridized carbons (Fsp3) is 0.677. The van der Waals surface area contributed by atoms with E-state index in [0.29, 0.717) is 19.3 Å². The zero-order chi connectivity index (χ0) is 30.4. The van der Waals surface area contributed by atoms with E-state index in [2.05, 4.69) is 16.7 Å². The van der Waals surface area contributed by atoms with Gasteiger partial charge in [0.15, 0.2) is 0 Å².